The Morgan fingerprint density at radius 2 is 1.45 bits per heavy atom. The van der Waals surface area contributed by atoms with Crippen LogP contribution >= 0.6 is 0 Å². The minimum Gasteiger partial charge on any atom is -0.508 e. The van der Waals surface area contributed by atoms with Gasteiger partial charge in [0, 0.05) is 19.5 Å². The highest BCUT2D eigenvalue weighted by atomic mass is 16.5. The summed E-state index contributed by atoms with van der Waals surface area (Å²) in [5, 5.41) is 15.1. The lowest BCUT2D eigenvalue weighted by atomic mass is 10.0. The molecule has 1 aromatic carbocycles. The highest BCUT2D eigenvalue weighted by molar-refractivity contribution is 5.93. The molecule has 9 nitrogen and oxygen atoms in total. The topological polar surface area (TPSA) is 125 Å². The highest BCUT2D eigenvalue weighted by Gasteiger charge is 2.35. The normalized spacial score (nSPS) is 15.3. The Balaban J connectivity index is 1.76. The number of nitrogens with one attached hydrogen (secondary N) is 2. The fraction of sp³-hybridized carbons (Fsp3) is 0.697. The van der Waals surface area contributed by atoms with Crippen LogP contribution in [-0.4, -0.2) is 59.9 Å². The van der Waals surface area contributed by atoms with E-state index in [1.165, 1.54) is 83.5 Å². The quantitative estimate of drug-likeness (QED) is 0.125. The summed E-state index contributed by atoms with van der Waals surface area (Å²) in [6.45, 7) is 2.84. The molecule has 1 fully saturated rings. The first-order chi connectivity index (χ1) is 20.4. The second kappa shape index (κ2) is 20.7. The third-order valence-corrected chi connectivity index (χ3v) is 8.00. The average Bonchev–Trinajstić information content (AvgIpc) is 3.49. The molecule has 0 bridgehead atoms. The summed E-state index contributed by atoms with van der Waals surface area (Å²) >= 11 is 0. The number of benzene rings is 1. The standard InChI is InChI=1S/C33H53N3O6/c1-3-4-5-6-7-8-9-10-11-12-13-14-15-18-29(38)36-25-16-17-28(36)32(40)35-31(26-19-21-27(37)22-20-26)33(41)34-24-23-30(39)42-2/h19-22,28,31,37H,3-18,23-25H2,1-2H3,(H,34,41)(H,35,40)/t28-,31-/m0/s1. The molecule has 1 aliphatic rings. The van der Waals surface area contributed by atoms with Crippen molar-refractivity contribution >= 4 is 23.7 Å². The van der Waals surface area contributed by atoms with E-state index in [1.807, 2.05) is 0 Å². The third-order valence-electron chi connectivity index (χ3n) is 8.00. The summed E-state index contributed by atoms with van der Waals surface area (Å²) in [5.74, 6) is -1.30. The molecule has 1 saturated heterocycles. The van der Waals surface area contributed by atoms with Crippen molar-refractivity contribution in [1.29, 1.82) is 0 Å². The molecule has 0 radical (unpaired) electrons. The predicted molar refractivity (Wildman–Crippen MR) is 164 cm³/mol. The van der Waals surface area contributed by atoms with Crippen LogP contribution in [0.2, 0.25) is 0 Å². The third kappa shape index (κ3) is 13.3. The van der Waals surface area contributed by atoms with Gasteiger partial charge in [-0.1, -0.05) is 96.1 Å². The number of nitrogens with zero attached hydrogens (tertiary/aromatic N) is 1. The number of carbonyl (C=O) groups excluding carboxylic acids is 4. The van der Waals surface area contributed by atoms with Gasteiger partial charge in [0.05, 0.1) is 13.5 Å². The number of likely N-dealkylation sites (tertiary alicyclic amines) is 1. The van der Waals surface area contributed by atoms with Gasteiger partial charge in [0.1, 0.15) is 17.8 Å². The Bertz CT molecular complexity index is 952. The molecular formula is C33H53N3O6. The molecule has 1 heterocycles. The van der Waals surface area contributed by atoms with Crippen molar-refractivity contribution in [2.45, 2.75) is 128 Å². The van der Waals surface area contributed by atoms with Gasteiger partial charge in [-0.15, -0.1) is 0 Å². The second-order valence-electron chi connectivity index (χ2n) is 11.4. The maximum absolute atomic E-state index is 13.3. The number of amides is 3. The minimum absolute atomic E-state index is 0.00256. The largest absolute Gasteiger partial charge is 0.508 e. The van der Waals surface area contributed by atoms with Gasteiger partial charge in [0.2, 0.25) is 17.7 Å². The zero-order valence-corrected chi connectivity index (χ0v) is 25.8. The monoisotopic (exact) mass is 587 g/mol. The first kappa shape index (κ1) is 35.1. The summed E-state index contributed by atoms with van der Waals surface area (Å²) in [4.78, 5) is 52.4. The summed E-state index contributed by atoms with van der Waals surface area (Å²) in [7, 11) is 1.27. The first-order valence-corrected chi connectivity index (χ1v) is 16.1. The number of ether oxygens (including phenoxy) is 1. The van der Waals surface area contributed by atoms with E-state index < -0.39 is 24.0 Å². The number of rotatable bonds is 21. The van der Waals surface area contributed by atoms with Gasteiger partial charge in [0.15, 0.2) is 0 Å². The fourth-order valence-corrected chi connectivity index (χ4v) is 5.47. The van der Waals surface area contributed by atoms with Gasteiger partial charge in [-0.2, -0.15) is 0 Å². The van der Waals surface area contributed by atoms with E-state index in [0.717, 1.165) is 25.7 Å². The van der Waals surface area contributed by atoms with Gasteiger partial charge in [-0.05, 0) is 37.0 Å². The zero-order chi connectivity index (χ0) is 30.6. The minimum atomic E-state index is -1.03. The lowest BCUT2D eigenvalue weighted by molar-refractivity contribution is -0.140. The summed E-state index contributed by atoms with van der Waals surface area (Å²) in [6.07, 6.45) is 17.9. The van der Waals surface area contributed by atoms with E-state index in [4.69, 9.17) is 0 Å². The molecule has 1 aliphatic heterocycles. The number of methoxy groups -OCH3 is 1. The van der Waals surface area contributed by atoms with Crippen LogP contribution < -0.4 is 10.6 Å². The summed E-state index contributed by atoms with van der Waals surface area (Å²) in [5.41, 5.74) is 0.486. The van der Waals surface area contributed by atoms with Crippen molar-refractivity contribution in [3.63, 3.8) is 0 Å². The van der Waals surface area contributed by atoms with Gasteiger partial charge < -0.3 is 25.4 Å². The van der Waals surface area contributed by atoms with Crippen molar-refractivity contribution in [3.05, 3.63) is 29.8 Å². The van der Waals surface area contributed by atoms with Crippen molar-refractivity contribution in [3.8, 4) is 5.75 Å². The molecule has 2 atom stereocenters. The lowest BCUT2D eigenvalue weighted by Crippen LogP contribution is -2.49. The van der Waals surface area contributed by atoms with Gasteiger partial charge >= 0.3 is 5.97 Å². The van der Waals surface area contributed by atoms with Crippen LogP contribution in [0.1, 0.15) is 128 Å². The van der Waals surface area contributed by atoms with Crippen LogP contribution in [0.4, 0.5) is 0 Å². The maximum Gasteiger partial charge on any atom is 0.307 e. The van der Waals surface area contributed by atoms with Crippen molar-refractivity contribution in [2.24, 2.45) is 0 Å². The smallest absolute Gasteiger partial charge is 0.307 e. The number of hydrogen-bond acceptors (Lipinski definition) is 6. The number of esters is 1. The Morgan fingerprint density at radius 1 is 0.881 bits per heavy atom. The number of phenolic OH excluding ortho intramolecular Hbond substituents is 1. The fourth-order valence-electron chi connectivity index (χ4n) is 5.47. The number of phenols is 1. The van der Waals surface area contributed by atoms with Crippen LogP contribution in [0.15, 0.2) is 24.3 Å². The maximum atomic E-state index is 13.3. The second-order valence-corrected chi connectivity index (χ2v) is 11.4. The molecular weight excluding hydrogens is 534 g/mol. The van der Waals surface area contributed by atoms with Gasteiger partial charge in [-0.3, -0.25) is 19.2 Å². The van der Waals surface area contributed by atoms with Gasteiger partial charge in [-0.25, -0.2) is 0 Å². The van der Waals surface area contributed by atoms with Crippen molar-refractivity contribution < 1.29 is 29.0 Å². The van der Waals surface area contributed by atoms with Crippen LogP contribution in [0, 0.1) is 0 Å². The van der Waals surface area contributed by atoms with Crippen LogP contribution in [0.25, 0.3) is 0 Å². The molecule has 0 unspecified atom stereocenters. The molecule has 3 N–H and O–H groups in total. The molecule has 0 aromatic heterocycles. The Hall–Kier alpha value is -3.10. The van der Waals surface area contributed by atoms with E-state index in [0.29, 0.717) is 24.9 Å². The Labute approximate surface area is 252 Å². The zero-order valence-electron chi connectivity index (χ0n) is 25.8. The molecule has 0 spiro atoms. The van der Waals surface area contributed by atoms with Gasteiger partial charge in [0.25, 0.3) is 0 Å². The molecule has 1 aromatic rings. The van der Waals surface area contributed by atoms with Crippen LogP contribution in [-0.2, 0) is 23.9 Å². The molecule has 9 heteroatoms. The van der Waals surface area contributed by atoms with E-state index in [2.05, 4.69) is 22.3 Å². The average molecular weight is 588 g/mol. The van der Waals surface area contributed by atoms with Crippen LogP contribution in [0.5, 0.6) is 5.75 Å². The molecule has 0 aliphatic carbocycles. The van der Waals surface area contributed by atoms with Crippen molar-refractivity contribution in [2.75, 3.05) is 20.2 Å². The molecule has 3 amide bonds. The molecule has 2 rings (SSSR count). The number of aromatic hydroxyl groups is 1. The number of hydrogen-bond donors (Lipinski definition) is 3. The number of carbonyl (C=O) groups is 4. The summed E-state index contributed by atoms with van der Waals surface area (Å²) in [6, 6.07) is 4.35. The Morgan fingerprint density at radius 3 is 2.02 bits per heavy atom. The number of unbranched alkanes of at least 4 members (excludes halogenated alkanes) is 12. The molecule has 0 saturated carbocycles. The van der Waals surface area contributed by atoms with Crippen molar-refractivity contribution in [1.82, 2.24) is 15.5 Å². The van der Waals surface area contributed by atoms with E-state index >= 15 is 0 Å². The van der Waals surface area contributed by atoms with E-state index in [1.54, 1.807) is 17.0 Å². The SMILES string of the molecule is CCCCCCCCCCCCCCCC(=O)N1CCC[C@H]1C(=O)N[C@H](C(=O)NCCC(=O)OC)c1ccc(O)cc1. The highest BCUT2D eigenvalue weighted by Crippen LogP contribution is 2.23. The predicted octanol–water partition coefficient (Wildman–Crippen LogP) is 5.70. The van der Waals surface area contributed by atoms with E-state index in [9.17, 15) is 24.3 Å². The molecule has 236 valence electrons. The first-order valence-electron chi connectivity index (χ1n) is 16.1. The summed E-state index contributed by atoms with van der Waals surface area (Å²) < 4.78 is 4.61. The van der Waals surface area contributed by atoms with Crippen LogP contribution in [0.3, 0.4) is 0 Å². The Kier molecular flexibility index (Phi) is 17.3. The lowest BCUT2D eigenvalue weighted by Gasteiger charge is -2.26. The van der Waals surface area contributed by atoms with E-state index in [-0.39, 0.29) is 30.5 Å². The molecule has 42 heavy (non-hydrogen) atoms.